The zero-order valence-corrected chi connectivity index (χ0v) is 11.6. The van der Waals surface area contributed by atoms with E-state index in [0.717, 1.165) is 6.42 Å². The van der Waals surface area contributed by atoms with Gasteiger partial charge in [-0.05, 0) is 47.1 Å². The molecule has 4 nitrogen and oxygen atoms in total. The number of hydrogen-bond donors (Lipinski definition) is 1. The minimum absolute atomic E-state index is 0.132. The lowest BCUT2D eigenvalue weighted by atomic mass is 10.1. The van der Waals surface area contributed by atoms with E-state index in [9.17, 15) is 4.79 Å². The highest BCUT2D eigenvalue weighted by Gasteiger charge is 2.20. The molecule has 1 amide bonds. The topological polar surface area (TPSA) is 47.6 Å². The van der Waals surface area contributed by atoms with Crippen molar-refractivity contribution in [3.63, 3.8) is 0 Å². The van der Waals surface area contributed by atoms with Gasteiger partial charge in [0.05, 0.1) is 11.2 Å². The van der Waals surface area contributed by atoms with E-state index < -0.39 is 0 Å². The Hall–Kier alpha value is -0.870. The van der Waals surface area contributed by atoms with Crippen LogP contribution in [0.4, 0.5) is 0 Å². The molecule has 0 aliphatic rings. The van der Waals surface area contributed by atoms with Crippen LogP contribution in [0.1, 0.15) is 41.0 Å². The van der Waals surface area contributed by atoms with Gasteiger partial charge < -0.3 is 14.8 Å². The molecular weight excluding hydrogens is 218 g/mol. The maximum absolute atomic E-state index is 10.9. The highest BCUT2D eigenvalue weighted by Crippen LogP contribution is 2.16. The predicted octanol–water partition coefficient (Wildman–Crippen LogP) is 2.25. The van der Waals surface area contributed by atoms with Crippen molar-refractivity contribution < 1.29 is 14.3 Å². The van der Waals surface area contributed by atoms with E-state index in [-0.39, 0.29) is 23.8 Å². The van der Waals surface area contributed by atoms with Gasteiger partial charge >= 0.3 is 0 Å². The largest absolute Gasteiger partial charge is 0.376 e. The van der Waals surface area contributed by atoms with Gasteiger partial charge in [0.1, 0.15) is 6.73 Å². The number of rotatable bonds is 7. The van der Waals surface area contributed by atoms with Crippen molar-refractivity contribution in [2.75, 3.05) is 13.3 Å². The molecule has 0 saturated heterocycles. The molecule has 0 bridgehead atoms. The molecule has 100 valence electrons. The second kappa shape index (κ2) is 6.77. The highest BCUT2D eigenvalue weighted by molar-refractivity contribution is 5.86. The summed E-state index contributed by atoms with van der Waals surface area (Å²) in [6.07, 6.45) is 1.99. The normalized spacial score (nSPS) is 12.3. The zero-order valence-electron chi connectivity index (χ0n) is 11.6. The first-order valence-electron chi connectivity index (χ1n) is 5.84. The van der Waals surface area contributed by atoms with E-state index >= 15 is 0 Å². The second-order valence-corrected chi connectivity index (χ2v) is 5.50. The summed E-state index contributed by atoms with van der Waals surface area (Å²) in [6, 6.07) is 0. The summed E-state index contributed by atoms with van der Waals surface area (Å²) >= 11 is 0. The van der Waals surface area contributed by atoms with Crippen molar-refractivity contribution in [2.24, 2.45) is 0 Å². The summed E-state index contributed by atoms with van der Waals surface area (Å²) in [4.78, 5) is 10.9. The van der Waals surface area contributed by atoms with Gasteiger partial charge in [0, 0.05) is 6.61 Å². The molecule has 4 heteroatoms. The molecule has 0 aromatic rings. The van der Waals surface area contributed by atoms with Crippen molar-refractivity contribution in [2.45, 2.75) is 52.2 Å². The van der Waals surface area contributed by atoms with Crippen LogP contribution in [0.2, 0.25) is 0 Å². The van der Waals surface area contributed by atoms with Gasteiger partial charge in [0.15, 0.2) is 0 Å². The van der Waals surface area contributed by atoms with E-state index in [1.54, 1.807) is 0 Å². The average molecular weight is 243 g/mol. The lowest BCUT2D eigenvalue weighted by Gasteiger charge is -2.27. The predicted molar refractivity (Wildman–Crippen MR) is 68.7 cm³/mol. The Morgan fingerprint density at radius 1 is 1.24 bits per heavy atom. The molecule has 0 aliphatic heterocycles. The lowest BCUT2D eigenvalue weighted by molar-refractivity contribution is -0.121. The van der Waals surface area contributed by atoms with E-state index in [4.69, 9.17) is 9.47 Å². The summed E-state index contributed by atoms with van der Waals surface area (Å²) in [5, 5.41) is 2.58. The van der Waals surface area contributed by atoms with Crippen LogP contribution in [-0.4, -0.2) is 30.4 Å². The number of ether oxygens (including phenoxy) is 2. The Kier molecular flexibility index (Phi) is 6.42. The molecule has 0 radical (unpaired) electrons. The van der Waals surface area contributed by atoms with Crippen molar-refractivity contribution in [3.8, 4) is 0 Å². The minimum Gasteiger partial charge on any atom is -0.376 e. The van der Waals surface area contributed by atoms with Crippen LogP contribution in [0.15, 0.2) is 12.7 Å². The van der Waals surface area contributed by atoms with Crippen LogP contribution in [0, 0.1) is 0 Å². The van der Waals surface area contributed by atoms with E-state index in [1.807, 2.05) is 34.6 Å². The Morgan fingerprint density at radius 2 is 1.82 bits per heavy atom. The average Bonchev–Trinajstić information content (AvgIpc) is 2.14. The second-order valence-electron chi connectivity index (χ2n) is 5.50. The van der Waals surface area contributed by atoms with Crippen LogP contribution in [-0.2, 0) is 14.3 Å². The van der Waals surface area contributed by atoms with Gasteiger partial charge in [0.2, 0.25) is 5.91 Å². The summed E-state index contributed by atoms with van der Waals surface area (Å²) < 4.78 is 11.2. The fourth-order valence-corrected chi connectivity index (χ4v) is 1.05. The summed E-state index contributed by atoms with van der Waals surface area (Å²) in [6.45, 7) is 14.2. The monoisotopic (exact) mass is 243 g/mol. The number of nitrogens with one attached hydrogen (secondary N) is 1. The van der Waals surface area contributed by atoms with Crippen molar-refractivity contribution in [1.82, 2.24) is 5.32 Å². The fraction of sp³-hybridized carbons (Fsp3) is 0.769. The maximum Gasteiger partial charge on any atom is 0.245 e. The highest BCUT2D eigenvalue weighted by atomic mass is 16.5. The van der Waals surface area contributed by atoms with E-state index in [2.05, 4.69) is 11.9 Å². The molecular formula is C13H25NO3. The van der Waals surface area contributed by atoms with Gasteiger partial charge in [-0.1, -0.05) is 6.58 Å². The minimum atomic E-state index is -0.320. The van der Waals surface area contributed by atoms with Crippen LogP contribution >= 0.6 is 0 Å². The smallest absolute Gasteiger partial charge is 0.245 e. The molecule has 0 saturated carbocycles. The molecule has 0 aromatic carbocycles. The van der Waals surface area contributed by atoms with Crippen LogP contribution in [0.3, 0.4) is 0 Å². The molecule has 0 heterocycles. The van der Waals surface area contributed by atoms with E-state index in [0.29, 0.717) is 6.61 Å². The number of hydrogen-bond acceptors (Lipinski definition) is 3. The Morgan fingerprint density at radius 3 is 2.29 bits per heavy atom. The van der Waals surface area contributed by atoms with Crippen LogP contribution in [0.5, 0.6) is 0 Å². The summed E-state index contributed by atoms with van der Waals surface area (Å²) in [5.74, 6) is -0.230. The molecule has 0 aliphatic carbocycles. The first-order chi connectivity index (χ1) is 7.66. The zero-order chi connectivity index (χ0) is 13.5. The molecule has 0 fully saturated rings. The van der Waals surface area contributed by atoms with Gasteiger partial charge in [0.25, 0.3) is 0 Å². The van der Waals surface area contributed by atoms with Gasteiger partial charge in [-0.3, -0.25) is 4.79 Å². The van der Waals surface area contributed by atoms with Crippen LogP contribution < -0.4 is 5.32 Å². The SMILES string of the molecule is C=CC(=O)NCOC(C)(C)CCOC(C)(C)C. The molecule has 0 aromatic heterocycles. The van der Waals surface area contributed by atoms with Crippen molar-refractivity contribution in [1.29, 1.82) is 0 Å². The Balaban J connectivity index is 3.80. The first-order valence-corrected chi connectivity index (χ1v) is 5.84. The third-order valence-corrected chi connectivity index (χ3v) is 2.13. The fourth-order valence-electron chi connectivity index (χ4n) is 1.05. The molecule has 1 N–H and O–H groups in total. The molecule has 0 rings (SSSR count). The Bertz CT molecular complexity index is 254. The van der Waals surface area contributed by atoms with Crippen molar-refractivity contribution >= 4 is 5.91 Å². The molecule has 0 unspecified atom stereocenters. The lowest BCUT2D eigenvalue weighted by Crippen LogP contribution is -2.34. The van der Waals surface area contributed by atoms with Crippen LogP contribution in [0.25, 0.3) is 0 Å². The van der Waals surface area contributed by atoms with Gasteiger partial charge in [-0.25, -0.2) is 0 Å². The van der Waals surface area contributed by atoms with Gasteiger partial charge in [-0.15, -0.1) is 0 Å². The number of amides is 1. The Labute approximate surface area is 104 Å². The number of carbonyl (C=O) groups is 1. The summed E-state index contributed by atoms with van der Waals surface area (Å²) in [7, 11) is 0. The molecule has 0 spiro atoms. The van der Waals surface area contributed by atoms with Crippen molar-refractivity contribution in [3.05, 3.63) is 12.7 Å². The maximum atomic E-state index is 10.9. The first kappa shape index (κ1) is 16.1. The third-order valence-electron chi connectivity index (χ3n) is 2.13. The quantitative estimate of drug-likeness (QED) is 0.551. The van der Waals surface area contributed by atoms with E-state index in [1.165, 1.54) is 6.08 Å². The molecule has 17 heavy (non-hydrogen) atoms. The summed E-state index contributed by atoms with van der Waals surface area (Å²) in [5.41, 5.74) is -0.452. The standard InChI is InChI=1S/C13H25NO3/c1-7-11(15)14-10-17-13(5,6)8-9-16-12(2,3)4/h7H,1,8-10H2,2-6H3,(H,14,15). The third kappa shape index (κ3) is 10.0. The van der Waals surface area contributed by atoms with Gasteiger partial charge in [-0.2, -0.15) is 0 Å². The number of carbonyl (C=O) groups excluding carboxylic acids is 1. The molecule has 0 atom stereocenters.